The number of hydrogen-bond acceptors (Lipinski definition) is 3. The van der Waals surface area contributed by atoms with Gasteiger partial charge in [-0.05, 0) is 33.3 Å². The number of imidazole rings is 1. The van der Waals surface area contributed by atoms with Crippen molar-refractivity contribution in [2.75, 3.05) is 0 Å². The Balaban J connectivity index is 3.00. The van der Waals surface area contributed by atoms with Crippen LogP contribution in [0.4, 0.5) is 0 Å². The summed E-state index contributed by atoms with van der Waals surface area (Å²) in [5.41, 5.74) is 4.41. The highest BCUT2D eigenvalue weighted by Crippen LogP contribution is 2.16. The van der Waals surface area contributed by atoms with Crippen molar-refractivity contribution in [1.82, 2.24) is 14.4 Å². The second-order valence-corrected chi connectivity index (χ2v) is 3.74. The van der Waals surface area contributed by atoms with Crippen molar-refractivity contribution >= 4 is 12.1 Å². The van der Waals surface area contributed by atoms with Gasteiger partial charge in [-0.2, -0.15) is 0 Å². The first-order valence-electron chi connectivity index (χ1n) is 4.84. The lowest BCUT2D eigenvalue weighted by molar-refractivity contribution is 0.111. The van der Waals surface area contributed by atoms with E-state index in [4.69, 9.17) is 0 Å². The van der Waals surface area contributed by atoms with E-state index in [1.165, 1.54) is 0 Å². The third-order valence-electron chi connectivity index (χ3n) is 2.88. The molecule has 15 heavy (non-hydrogen) atoms. The number of carbonyl (C=O) groups is 1. The van der Waals surface area contributed by atoms with Gasteiger partial charge in [-0.25, -0.2) is 9.97 Å². The van der Waals surface area contributed by atoms with Gasteiger partial charge < -0.3 is 0 Å². The van der Waals surface area contributed by atoms with Gasteiger partial charge in [-0.3, -0.25) is 9.20 Å². The van der Waals surface area contributed by atoms with Crippen molar-refractivity contribution < 1.29 is 4.79 Å². The maximum atomic E-state index is 11.0. The lowest BCUT2D eigenvalue weighted by atomic mass is 10.2. The van der Waals surface area contributed by atoms with Crippen LogP contribution in [-0.4, -0.2) is 20.7 Å². The molecule has 0 amide bonds. The van der Waals surface area contributed by atoms with Crippen LogP contribution in [0, 0.1) is 27.7 Å². The van der Waals surface area contributed by atoms with Crippen LogP contribution in [0.1, 0.15) is 33.1 Å². The van der Waals surface area contributed by atoms with E-state index in [9.17, 15) is 4.79 Å². The smallest absolute Gasteiger partial charge is 0.235 e. The largest absolute Gasteiger partial charge is 0.296 e. The average molecular weight is 203 g/mol. The molecule has 0 aliphatic rings. The first-order chi connectivity index (χ1) is 7.06. The molecule has 0 N–H and O–H groups in total. The number of aryl methyl sites for hydroxylation is 3. The Morgan fingerprint density at radius 1 is 1.07 bits per heavy atom. The summed E-state index contributed by atoms with van der Waals surface area (Å²) >= 11 is 0. The molecule has 0 atom stereocenters. The van der Waals surface area contributed by atoms with Crippen LogP contribution < -0.4 is 0 Å². The van der Waals surface area contributed by atoms with Crippen LogP contribution in [0.2, 0.25) is 0 Å². The van der Waals surface area contributed by atoms with Crippen molar-refractivity contribution in [3.05, 3.63) is 28.3 Å². The number of carbonyl (C=O) groups excluding carboxylic acids is 1. The monoisotopic (exact) mass is 203 g/mol. The molecule has 0 aromatic carbocycles. The highest BCUT2D eigenvalue weighted by molar-refractivity contribution is 5.76. The van der Waals surface area contributed by atoms with Crippen LogP contribution in [-0.2, 0) is 0 Å². The lowest BCUT2D eigenvalue weighted by Gasteiger charge is -2.07. The van der Waals surface area contributed by atoms with E-state index in [1.807, 2.05) is 32.1 Å². The maximum Gasteiger partial charge on any atom is 0.235 e. The molecule has 0 saturated heterocycles. The number of aldehydes is 1. The summed E-state index contributed by atoms with van der Waals surface area (Å²) in [5.74, 6) is 0.607. The summed E-state index contributed by atoms with van der Waals surface area (Å²) in [5, 5.41) is 0. The van der Waals surface area contributed by atoms with Crippen LogP contribution in [0.5, 0.6) is 0 Å². The zero-order valence-corrected chi connectivity index (χ0v) is 9.33. The molecule has 0 aliphatic carbocycles. The number of nitrogens with zero attached hydrogens (tertiary/aromatic N) is 3. The molecular weight excluding hydrogens is 190 g/mol. The van der Waals surface area contributed by atoms with Gasteiger partial charge >= 0.3 is 0 Å². The molecule has 0 aliphatic heterocycles. The average Bonchev–Trinajstić information content (AvgIpc) is 2.50. The predicted molar refractivity (Wildman–Crippen MR) is 57.3 cm³/mol. The van der Waals surface area contributed by atoms with Gasteiger partial charge in [0.15, 0.2) is 6.29 Å². The van der Waals surface area contributed by atoms with Crippen molar-refractivity contribution in [2.45, 2.75) is 27.7 Å². The summed E-state index contributed by atoms with van der Waals surface area (Å²) in [6, 6.07) is 0. The fraction of sp³-hybridized carbons (Fsp3) is 0.364. The van der Waals surface area contributed by atoms with Gasteiger partial charge in [0.1, 0.15) is 5.69 Å². The molecule has 0 unspecified atom stereocenters. The van der Waals surface area contributed by atoms with Gasteiger partial charge in [0.25, 0.3) is 0 Å². The fourth-order valence-corrected chi connectivity index (χ4v) is 1.73. The first-order valence-corrected chi connectivity index (χ1v) is 4.84. The third-order valence-corrected chi connectivity index (χ3v) is 2.88. The van der Waals surface area contributed by atoms with E-state index >= 15 is 0 Å². The minimum absolute atomic E-state index is 0.595. The predicted octanol–water partition coefficient (Wildman–Crippen LogP) is 1.78. The first kappa shape index (κ1) is 9.83. The highest BCUT2D eigenvalue weighted by atomic mass is 16.1. The quantitative estimate of drug-likeness (QED) is 0.664. The molecule has 2 aromatic rings. The summed E-state index contributed by atoms with van der Waals surface area (Å²) in [4.78, 5) is 19.6. The number of hydrogen-bond donors (Lipinski definition) is 0. The molecule has 2 rings (SSSR count). The molecule has 0 saturated carbocycles. The van der Waals surface area contributed by atoms with Crippen LogP contribution >= 0.6 is 0 Å². The SMILES string of the molecule is Cc1nc2nc(C)c(C=O)n2c(C)c1C. The van der Waals surface area contributed by atoms with Crippen molar-refractivity contribution in [3.8, 4) is 0 Å². The normalized spacial score (nSPS) is 10.9. The Hall–Kier alpha value is -1.71. The lowest BCUT2D eigenvalue weighted by Crippen LogP contribution is -2.03. The highest BCUT2D eigenvalue weighted by Gasteiger charge is 2.13. The van der Waals surface area contributed by atoms with Gasteiger partial charge in [0.2, 0.25) is 5.78 Å². The zero-order chi connectivity index (χ0) is 11.2. The van der Waals surface area contributed by atoms with Gasteiger partial charge in [0, 0.05) is 11.4 Å². The van der Waals surface area contributed by atoms with Crippen molar-refractivity contribution in [1.29, 1.82) is 0 Å². The van der Waals surface area contributed by atoms with Gasteiger partial charge in [0.05, 0.1) is 5.69 Å². The molecule has 0 fully saturated rings. The Morgan fingerprint density at radius 3 is 2.27 bits per heavy atom. The standard InChI is InChI=1S/C11H13N3O/c1-6-7(2)12-11-13-8(3)10(5-15)14(11)9(6)4/h5H,1-4H3. The maximum absolute atomic E-state index is 11.0. The third kappa shape index (κ3) is 1.25. The minimum atomic E-state index is 0.595. The Kier molecular flexibility index (Phi) is 2.07. The van der Waals surface area contributed by atoms with Crippen LogP contribution in [0.3, 0.4) is 0 Å². The minimum Gasteiger partial charge on any atom is -0.296 e. The van der Waals surface area contributed by atoms with Crippen LogP contribution in [0.25, 0.3) is 5.78 Å². The molecule has 0 bridgehead atoms. The van der Waals surface area contributed by atoms with Crippen LogP contribution in [0.15, 0.2) is 0 Å². The molecule has 78 valence electrons. The van der Waals surface area contributed by atoms with E-state index in [1.54, 1.807) is 0 Å². The number of fused-ring (bicyclic) bond motifs is 1. The summed E-state index contributed by atoms with van der Waals surface area (Å²) in [6.07, 6.45) is 0.832. The molecule has 4 nitrogen and oxygen atoms in total. The Morgan fingerprint density at radius 2 is 1.67 bits per heavy atom. The van der Waals surface area contributed by atoms with E-state index in [-0.39, 0.29) is 0 Å². The summed E-state index contributed by atoms with van der Waals surface area (Å²) in [7, 11) is 0. The van der Waals surface area contributed by atoms with E-state index < -0.39 is 0 Å². The molecule has 2 heterocycles. The second-order valence-electron chi connectivity index (χ2n) is 3.74. The molecule has 0 spiro atoms. The summed E-state index contributed by atoms with van der Waals surface area (Å²) < 4.78 is 1.81. The van der Waals surface area contributed by atoms with Crippen molar-refractivity contribution in [3.63, 3.8) is 0 Å². The summed E-state index contributed by atoms with van der Waals surface area (Å²) in [6.45, 7) is 7.75. The fourth-order valence-electron chi connectivity index (χ4n) is 1.73. The Labute approximate surface area is 88.0 Å². The molecular formula is C11H13N3O. The topological polar surface area (TPSA) is 47.3 Å². The Bertz CT molecular complexity index is 555. The second kappa shape index (κ2) is 3.15. The van der Waals surface area contributed by atoms with Crippen molar-refractivity contribution in [2.24, 2.45) is 0 Å². The number of rotatable bonds is 1. The zero-order valence-electron chi connectivity index (χ0n) is 9.33. The molecule has 2 aromatic heterocycles. The number of aromatic nitrogens is 3. The van der Waals surface area contributed by atoms with E-state index in [0.717, 1.165) is 28.9 Å². The molecule has 4 heteroatoms. The van der Waals surface area contributed by atoms with Gasteiger partial charge in [-0.15, -0.1) is 0 Å². The van der Waals surface area contributed by atoms with E-state index in [0.29, 0.717) is 11.5 Å². The van der Waals surface area contributed by atoms with E-state index in [2.05, 4.69) is 9.97 Å². The molecule has 0 radical (unpaired) electrons. The van der Waals surface area contributed by atoms with Gasteiger partial charge in [-0.1, -0.05) is 0 Å².